The van der Waals surface area contributed by atoms with Crippen LogP contribution < -0.4 is 10.6 Å². The molecule has 4 heteroatoms. The predicted octanol–water partition coefficient (Wildman–Crippen LogP) is 1.80. The van der Waals surface area contributed by atoms with Gasteiger partial charge in [0, 0.05) is 37.2 Å². The second kappa shape index (κ2) is 4.82. The van der Waals surface area contributed by atoms with E-state index in [0.29, 0.717) is 0 Å². The Morgan fingerprint density at radius 2 is 2.06 bits per heavy atom. The van der Waals surface area contributed by atoms with Gasteiger partial charge in [-0.3, -0.25) is 4.57 Å². The zero-order chi connectivity index (χ0) is 12.4. The van der Waals surface area contributed by atoms with Crippen molar-refractivity contribution in [3.63, 3.8) is 0 Å². The van der Waals surface area contributed by atoms with E-state index in [0.717, 1.165) is 37.6 Å². The molecule has 2 heterocycles. The number of hydrogen-bond donors (Lipinski definition) is 1. The minimum Gasteiger partial charge on any atom is -0.340 e. The first-order valence-electron chi connectivity index (χ1n) is 6.44. The van der Waals surface area contributed by atoms with Crippen molar-refractivity contribution in [2.24, 2.45) is 5.73 Å². The molecule has 1 fully saturated rings. The number of para-hydroxylation sites is 1. The fourth-order valence-electron chi connectivity index (χ4n) is 2.51. The van der Waals surface area contributed by atoms with Crippen LogP contribution in [0.25, 0.3) is 5.69 Å². The third kappa shape index (κ3) is 2.11. The van der Waals surface area contributed by atoms with Crippen LogP contribution in [0.15, 0.2) is 42.7 Å². The van der Waals surface area contributed by atoms with E-state index in [4.69, 9.17) is 5.73 Å². The van der Waals surface area contributed by atoms with Crippen LogP contribution in [-0.2, 0) is 0 Å². The first-order chi connectivity index (χ1) is 8.84. The molecule has 0 aliphatic carbocycles. The molecule has 3 rings (SSSR count). The van der Waals surface area contributed by atoms with Gasteiger partial charge in [0.25, 0.3) is 0 Å². The van der Waals surface area contributed by atoms with Crippen LogP contribution in [0.5, 0.6) is 0 Å². The number of imidazole rings is 1. The minimum absolute atomic E-state index is 0.264. The molecule has 1 aromatic carbocycles. The molecule has 18 heavy (non-hydrogen) atoms. The van der Waals surface area contributed by atoms with E-state index in [9.17, 15) is 0 Å². The van der Waals surface area contributed by atoms with Crippen molar-refractivity contribution in [2.75, 3.05) is 18.0 Å². The van der Waals surface area contributed by atoms with E-state index in [1.165, 1.54) is 0 Å². The monoisotopic (exact) mass is 242 g/mol. The fraction of sp³-hybridized carbons (Fsp3) is 0.357. The molecule has 1 saturated heterocycles. The number of nitrogens with zero attached hydrogens (tertiary/aromatic N) is 3. The number of nitrogens with two attached hydrogens (primary N) is 1. The summed E-state index contributed by atoms with van der Waals surface area (Å²) in [6.07, 6.45) is 6.11. The molecular weight excluding hydrogens is 224 g/mol. The van der Waals surface area contributed by atoms with Gasteiger partial charge in [0.2, 0.25) is 5.95 Å². The van der Waals surface area contributed by atoms with E-state index in [1.807, 2.05) is 30.6 Å². The van der Waals surface area contributed by atoms with E-state index in [2.05, 4.69) is 26.6 Å². The molecule has 94 valence electrons. The second-order valence-electron chi connectivity index (χ2n) is 4.78. The number of anilines is 1. The third-order valence-electron chi connectivity index (χ3n) is 3.40. The van der Waals surface area contributed by atoms with Crippen LogP contribution >= 0.6 is 0 Å². The van der Waals surface area contributed by atoms with Gasteiger partial charge in [-0.2, -0.15) is 0 Å². The molecule has 1 aliphatic heterocycles. The molecule has 0 radical (unpaired) electrons. The standard InChI is InChI=1S/C14H18N4/c15-12-5-4-9-17(11-12)14-16-8-10-18(14)13-6-2-1-3-7-13/h1-3,6-8,10,12H,4-5,9,11,15H2. The van der Waals surface area contributed by atoms with Gasteiger partial charge >= 0.3 is 0 Å². The van der Waals surface area contributed by atoms with Crippen molar-refractivity contribution in [3.8, 4) is 5.69 Å². The Labute approximate surface area is 107 Å². The number of aromatic nitrogens is 2. The van der Waals surface area contributed by atoms with Crippen LogP contribution in [0.2, 0.25) is 0 Å². The van der Waals surface area contributed by atoms with Crippen molar-refractivity contribution in [1.82, 2.24) is 9.55 Å². The highest BCUT2D eigenvalue weighted by atomic mass is 15.3. The Hall–Kier alpha value is -1.81. The van der Waals surface area contributed by atoms with Crippen LogP contribution in [0.1, 0.15) is 12.8 Å². The van der Waals surface area contributed by atoms with Crippen LogP contribution in [0.4, 0.5) is 5.95 Å². The zero-order valence-electron chi connectivity index (χ0n) is 10.4. The van der Waals surface area contributed by atoms with Gasteiger partial charge < -0.3 is 10.6 Å². The highest BCUT2D eigenvalue weighted by molar-refractivity contribution is 5.43. The maximum absolute atomic E-state index is 6.04. The van der Waals surface area contributed by atoms with Gasteiger partial charge in [-0.1, -0.05) is 18.2 Å². The van der Waals surface area contributed by atoms with Crippen LogP contribution in [0.3, 0.4) is 0 Å². The smallest absolute Gasteiger partial charge is 0.210 e. The van der Waals surface area contributed by atoms with Crippen LogP contribution in [-0.4, -0.2) is 28.7 Å². The second-order valence-corrected chi connectivity index (χ2v) is 4.78. The minimum atomic E-state index is 0.264. The Morgan fingerprint density at radius 1 is 1.22 bits per heavy atom. The van der Waals surface area contributed by atoms with Gasteiger partial charge in [0.05, 0.1) is 0 Å². The number of piperidine rings is 1. The SMILES string of the molecule is NC1CCCN(c2nccn2-c2ccccc2)C1. The van der Waals surface area contributed by atoms with E-state index in [-0.39, 0.29) is 6.04 Å². The molecule has 1 aliphatic rings. The maximum Gasteiger partial charge on any atom is 0.210 e. The van der Waals surface area contributed by atoms with Crippen molar-refractivity contribution in [3.05, 3.63) is 42.7 Å². The molecule has 4 nitrogen and oxygen atoms in total. The summed E-state index contributed by atoms with van der Waals surface area (Å²) in [5.74, 6) is 0.997. The summed E-state index contributed by atoms with van der Waals surface area (Å²) in [7, 11) is 0. The molecule has 1 atom stereocenters. The van der Waals surface area contributed by atoms with Crippen LogP contribution in [0, 0.1) is 0 Å². The summed E-state index contributed by atoms with van der Waals surface area (Å²) in [5.41, 5.74) is 7.18. The quantitative estimate of drug-likeness (QED) is 0.873. The highest BCUT2D eigenvalue weighted by Crippen LogP contribution is 2.21. The molecule has 0 bridgehead atoms. The first-order valence-corrected chi connectivity index (χ1v) is 6.44. The molecule has 1 aromatic heterocycles. The van der Waals surface area contributed by atoms with Gasteiger partial charge in [0.15, 0.2) is 0 Å². The highest BCUT2D eigenvalue weighted by Gasteiger charge is 2.20. The van der Waals surface area contributed by atoms with Gasteiger partial charge in [-0.15, -0.1) is 0 Å². The van der Waals surface area contributed by atoms with E-state index in [1.54, 1.807) is 0 Å². The van der Waals surface area contributed by atoms with E-state index >= 15 is 0 Å². The number of benzene rings is 1. The molecule has 1 unspecified atom stereocenters. The molecule has 2 aromatic rings. The number of hydrogen-bond acceptors (Lipinski definition) is 3. The lowest BCUT2D eigenvalue weighted by Crippen LogP contribution is -2.43. The summed E-state index contributed by atoms with van der Waals surface area (Å²) in [6.45, 7) is 1.93. The molecular formula is C14H18N4. The lowest BCUT2D eigenvalue weighted by molar-refractivity contribution is 0.498. The zero-order valence-corrected chi connectivity index (χ0v) is 10.4. The van der Waals surface area contributed by atoms with Gasteiger partial charge in [-0.25, -0.2) is 4.98 Å². The molecule has 0 saturated carbocycles. The summed E-state index contributed by atoms with van der Waals surface area (Å²) in [5, 5.41) is 0. The van der Waals surface area contributed by atoms with Gasteiger partial charge in [0.1, 0.15) is 0 Å². The summed E-state index contributed by atoms with van der Waals surface area (Å²) >= 11 is 0. The van der Waals surface area contributed by atoms with Crippen molar-refractivity contribution in [1.29, 1.82) is 0 Å². The Morgan fingerprint density at radius 3 is 2.83 bits per heavy atom. The Balaban J connectivity index is 1.92. The van der Waals surface area contributed by atoms with Crippen molar-refractivity contribution >= 4 is 5.95 Å². The summed E-state index contributed by atoms with van der Waals surface area (Å²) in [6, 6.07) is 10.6. The largest absolute Gasteiger partial charge is 0.340 e. The number of rotatable bonds is 2. The predicted molar refractivity (Wildman–Crippen MR) is 73.0 cm³/mol. The molecule has 0 amide bonds. The lowest BCUT2D eigenvalue weighted by atomic mass is 10.1. The van der Waals surface area contributed by atoms with Crippen molar-refractivity contribution < 1.29 is 0 Å². The summed E-state index contributed by atoms with van der Waals surface area (Å²) < 4.78 is 2.12. The normalized spacial score (nSPS) is 20.1. The van der Waals surface area contributed by atoms with Gasteiger partial charge in [-0.05, 0) is 25.0 Å². The fourth-order valence-corrected chi connectivity index (χ4v) is 2.51. The Bertz CT molecular complexity index is 506. The average Bonchev–Trinajstić information content (AvgIpc) is 2.89. The average molecular weight is 242 g/mol. The third-order valence-corrected chi connectivity index (χ3v) is 3.40. The molecule has 2 N–H and O–H groups in total. The van der Waals surface area contributed by atoms with E-state index < -0.39 is 0 Å². The lowest BCUT2D eigenvalue weighted by Gasteiger charge is -2.31. The molecule has 0 spiro atoms. The van der Waals surface area contributed by atoms with Crippen molar-refractivity contribution in [2.45, 2.75) is 18.9 Å². The first kappa shape index (κ1) is 11.3. The topological polar surface area (TPSA) is 47.1 Å². The maximum atomic E-state index is 6.04. The Kier molecular flexibility index (Phi) is 3.02. The summed E-state index contributed by atoms with van der Waals surface area (Å²) in [4.78, 5) is 6.76.